The lowest BCUT2D eigenvalue weighted by atomic mass is 10.1. The molecule has 2 aromatic carbocycles. The molecule has 0 bridgehead atoms. The number of fused-ring (bicyclic) bond motifs is 1. The van der Waals surface area contributed by atoms with Gasteiger partial charge in [0.25, 0.3) is 5.91 Å². The van der Waals surface area contributed by atoms with Gasteiger partial charge in [-0.15, -0.1) is 0 Å². The molecule has 0 saturated carbocycles. The number of amides is 1. The number of hydrogen-bond donors (Lipinski definition) is 3. The van der Waals surface area contributed by atoms with Crippen LogP contribution in [0.15, 0.2) is 53.6 Å². The maximum Gasteiger partial charge on any atom is 0.337 e. The molecule has 104 valence electrons. The summed E-state index contributed by atoms with van der Waals surface area (Å²) >= 11 is 0. The normalized spacial score (nSPS) is 14.7. The number of para-hydroxylation sites is 2. The van der Waals surface area contributed by atoms with Gasteiger partial charge in [-0.05, 0) is 18.2 Å². The minimum atomic E-state index is -1.06. The second-order valence-electron chi connectivity index (χ2n) is 4.42. The van der Waals surface area contributed by atoms with Crippen molar-refractivity contribution in [2.45, 2.75) is 0 Å². The van der Waals surface area contributed by atoms with Crippen molar-refractivity contribution in [1.29, 1.82) is 0 Å². The molecule has 2 aromatic rings. The number of rotatable bonds is 3. The predicted octanol–water partition coefficient (Wildman–Crippen LogP) is 2.15. The zero-order valence-electron chi connectivity index (χ0n) is 10.8. The zero-order chi connectivity index (χ0) is 14.8. The highest BCUT2D eigenvalue weighted by molar-refractivity contribution is 6.53. The molecule has 0 saturated heterocycles. The first kappa shape index (κ1) is 12.9. The Balaban J connectivity index is 1.94. The minimum Gasteiger partial charge on any atom is -0.478 e. The Hall–Kier alpha value is -3.15. The van der Waals surface area contributed by atoms with Crippen LogP contribution < -0.4 is 10.7 Å². The van der Waals surface area contributed by atoms with Crippen molar-refractivity contribution in [2.24, 2.45) is 5.10 Å². The molecule has 0 radical (unpaired) electrons. The molecule has 6 heteroatoms. The highest BCUT2D eigenvalue weighted by Crippen LogP contribution is 2.23. The summed E-state index contributed by atoms with van der Waals surface area (Å²) in [5.41, 5.74) is 4.67. The Bertz CT molecular complexity index is 768. The molecular weight excluding hydrogens is 270 g/mol. The van der Waals surface area contributed by atoms with Crippen molar-refractivity contribution < 1.29 is 14.7 Å². The number of anilines is 2. The second kappa shape index (κ2) is 5.09. The van der Waals surface area contributed by atoms with Crippen LogP contribution in [-0.2, 0) is 4.79 Å². The molecule has 3 rings (SSSR count). The molecule has 3 N–H and O–H groups in total. The zero-order valence-corrected chi connectivity index (χ0v) is 10.8. The number of nitrogens with zero attached hydrogens (tertiary/aromatic N) is 1. The Morgan fingerprint density at radius 2 is 1.81 bits per heavy atom. The van der Waals surface area contributed by atoms with Crippen LogP contribution in [0.5, 0.6) is 0 Å². The standard InChI is InChI=1S/C15H11N3O3/c19-14-13(9-5-1-3-7-11(9)16-14)18-17-12-8-4-2-6-10(12)15(20)21/h1-8,17H,(H,20,21)(H,16,18,19). The van der Waals surface area contributed by atoms with E-state index in [2.05, 4.69) is 15.8 Å². The Morgan fingerprint density at radius 3 is 2.62 bits per heavy atom. The lowest BCUT2D eigenvalue weighted by Crippen LogP contribution is -2.16. The van der Waals surface area contributed by atoms with Gasteiger partial charge in [0, 0.05) is 5.56 Å². The van der Waals surface area contributed by atoms with Crippen molar-refractivity contribution in [3.63, 3.8) is 0 Å². The molecule has 1 heterocycles. The van der Waals surface area contributed by atoms with Gasteiger partial charge in [0.05, 0.1) is 16.9 Å². The number of carbonyl (C=O) groups is 2. The van der Waals surface area contributed by atoms with E-state index < -0.39 is 5.97 Å². The third-order valence-corrected chi connectivity index (χ3v) is 3.09. The number of carbonyl (C=O) groups excluding carboxylic acids is 1. The first-order chi connectivity index (χ1) is 10.2. The molecule has 0 atom stereocenters. The average molecular weight is 281 g/mol. The molecule has 1 aliphatic rings. The lowest BCUT2D eigenvalue weighted by Gasteiger charge is -2.05. The SMILES string of the molecule is O=C1Nc2ccccc2/C1=N/Nc1ccccc1C(=O)O. The van der Waals surface area contributed by atoms with Crippen molar-refractivity contribution in [3.05, 3.63) is 59.7 Å². The largest absolute Gasteiger partial charge is 0.478 e. The van der Waals surface area contributed by atoms with E-state index >= 15 is 0 Å². The van der Waals surface area contributed by atoms with Gasteiger partial charge in [-0.25, -0.2) is 4.79 Å². The molecule has 0 aliphatic carbocycles. The first-order valence-corrected chi connectivity index (χ1v) is 6.23. The third-order valence-electron chi connectivity index (χ3n) is 3.09. The Kier molecular flexibility index (Phi) is 3.12. The molecule has 21 heavy (non-hydrogen) atoms. The summed E-state index contributed by atoms with van der Waals surface area (Å²) in [6.45, 7) is 0. The van der Waals surface area contributed by atoms with E-state index in [1.165, 1.54) is 6.07 Å². The molecule has 0 aromatic heterocycles. The van der Waals surface area contributed by atoms with E-state index in [0.717, 1.165) is 0 Å². The fourth-order valence-corrected chi connectivity index (χ4v) is 2.10. The Labute approximate surface area is 120 Å². The number of benzene rings is 2. The predicted molar refractivity (Wildman–Crippen MR) is 78.6 cm³/mol. The molecule has 1 aliphatic heterocycles. The number of nitrogens with one attached hydrogen (secondary N) is 2. The summed E-state index contributed by atoms with van der Waals surface area (Å²) in [4.78, 5) is 23.0. The smallest absolute Gasteiger partial charge is 0.337 e. The van der Waals surface area contributed by atoms with E-state index in [9.17, 15) is 9.59 Å². The van der Waals surface area contributed by atoms with Crippen molar-refractivity contribution in [2.75, 3.05) is 10.7 Å². The average Bonchev–Trinajstić information content (AvgIpc) is 2.81. The summed E-state index contributed by atoms with van der Waals surface area (Å²) in [6.07, 6.45) is 0. The summed E-state index contributed by atoms with van der Waals surface area (Å²) in [7, 11) is 0. The van der Waals surface area contributed by atoms with Crippen LogP contribution >= 0.6 is 0 Å². The highest BCUT2D eigenvalue weighted by Gasteiger charge is 2.25. The fraction of sp³-hybridized carbons (Fsp3) is 0. The van der Waals surface area contributed by atoms with E-state index in [1.54, 1.807) is 36.4 Å². The van der Waals surface area contributed by atoms with E-state index in [0.29, 0.717) is 16.9 Å². The van der Waals surface area contributed by atoms with Gasteiger partial charge in [-0.3, -0.25) is 10.2 Å². The van der Waals surface area contributed by atoms with Crippen LogP contribution in [0, 0.1) is 0 Å². The molecular formula is C15H11N3O3. The van der Waals surface area contributed by atoms with Crippen LogP contribution in [0.4, 0.5) is 11.4 Å². The van der Waals surface area contributed by atoms with E-state index in [-0.39, 0.29) is 17.2 Å². The highest BCUT2D eigenvalue weighted by atomic mass is 16.4. The Morgan fingerprint density at radius 1 is 1.10 bits per heavy atom. The van der Waals surface area contributed by atoms with Crippen molar-refractivity contribution in [1.82, 2.24) is 0 Å². The van der Waals surface area contributed by atoms with Crippen LogP contribution in [0.25, 0.3) is 0 Å². The molecule has 1 amide bonds. The number of aromatic carboxylic acids is 1. The quantitative estimate of drug-likeness (QED) is 0.752. The lowest BCUT2D eigenvalue weighted by molar-refractivity contribution is -0.110. The van der Waals surface area contributed by atoms with Crippen molar-refractivity contribution >= 4 is 29.0 Å². The molecule has 0 fully saturated rings. The maximum absolute atomic E-state index is 11.9. The topological polar surface area (TPSA) is 90.8 Å². The van der Waals surface area contributed by atoms with Crippen LogP contribution in [0.2, 0.25) is 0 Å². The van der Waals surface area contributed by atoms with Crippen molar-refractivity contribution in [3.8, 4) is 0 Å². The van der Waals surface area contributed by atoms with Gasteiger partial charge in [-0.2, -0.15) is 5.10 Å². The molecule has 0 unspecified atom stereocenters. The van der Waals surface area contributed by atoms with Crippen LogP contribution in [0.3, 0.4) is 0 Å². The summed E-state index contributed by atoms with van der Waals surface area (Å²) < 4.78 is 0. The van der Waals surface area contributed by atoms with Gasteiger partial charge < -0.3 is 10.4 Å². The van der Waals surface area contributed by atoms with E-state index in [4.69, 9.17) is 5.11 Å². The summed E-state index contributed by atoms with van der Waals surface area (Å²) in [5.74, 6) is -1.38. The number of hydrogen-bond acceptors (Lipinski definition) is 4. The monoisotopic (exact) mass is 281 g/mol. The summed E-state index contributed by atoms with van der Waals surface area (Å²) in [6, 6.07) is 13.5. The van der Waals surface area contributed by atoms with Gasteiger partial charge >= 0.3 is 5.97 Å². The third kappa shape index (κ3) is 2.34. The van der Waals surface area contributed by atoms with Gasteiger partial charge in [0.2, 0.25) is 0 Å². The minimum absolute atomic E-state index is 0.0912. The van der Waals surface area contributed by atoms with Gasteiger partial charge in [-0.1, -0.05) is 30.3 Å². The number of hydrazone groups is 1. The fourth-order valence-electron chi connectivity index (χ4n) is 2.10. The molecule has 6 nitrogen and oxygen atoms in total. The van der Waals surface area contributed by atoms with Gasteiger partial charge in [0.1, 0.15) is 0 Å². The summed E-state index contributed by atoms with van der Waals surface area (Å²) in [5, 5.41) is 15.8. The van der Waals surface area contributed by atoms with Crippen LogP contribution in [-0.4, -0.2) is 22.7 Å². The van der Waals surface area contributed by atoms with Crippen LogP contribution in [0.1, 0.15) is 15.9 Å². The number of carboxylic acid groups (broad SMARTS) is 1. The van der Waals surface area contributed by atoms with E-state index in [1.807, 2.05) is 6.07 Å². The maximum atomic E-state index is 11.9. The second-order valence-corrected chi connectivity index (χ2v) is 4.42. The molecule has 0 spiro atoms. The first-order valence-electron chi connectivity index (χ1n) is 6.23. The van der Waals surface area contributed by atoms with Gasteiger partial charge in [0.15, 0.2) is 5.71 Å². The number of carboxylic acids is 1.